The van der Waals surface area contributed by atoms with Crippen LogP contribution in [-0.4, -0.2) is 26.3 Å². The Morgan fingerprint density at radius 3 is 2.19 bits per heavy atom. The van der Waals surface area contributed by atoms with Gasteiger partial charge in [-0.25, -0.2) is 0 Å². The SMILES string of the molecule is COc1ccc(C(Cl)Cc2ccncc2)c(OC)c1OC. The van der Waals surface area contributed by atoms with E-state index in [0.717, 1.165) is 11.1 Å². The van der Waals surface area contributed by atoms with Crippen LogP contribution in [0.15, 0.2) is 36.7 Å². The van der Waals surface area contributed by atoms with E-state index in [4.69, 9.17) is 25.8 Å². The van der Waals surface area contributed by atoms with Gasteiger partial charge in [0.2, 0.25) is 5.75 Å². The number of aromatic nitrogens is 1. The van der Waals surface area contributed by atoms with Gasteiger partial charge in [0.05, 0.1) is 26.7 Å². The second-order valence-corrected chi connectivity index (χ2v) is 4.98. The minimum Gasteiger partial charge on any atom is -0.493 e. The highest BCUT2D eigenvalue weighted by atomic mass is 35.5. The highest BCUT2D eigenvalue weighted by Gasteiger charge is 2.21. The van der Waals surface area contributed by atoms with E-state index in [-0.39, 0.29) is 5.38 Å². The molecule has 0 bridgehead atoms. The van der Waals surface area contributed by atoms with Crippen molar-refractivity contribution in [1.29, 1.82) is 0 Å². The number of nitrogens with zero attached hydrogens (tertiary/aromatic N) is 1. The van der Waals surface area contributed by atoms with Gasteiger partial charge in [-0.3, -0.25) is 4.98 Å². The van der Waals surface area contributed by atoms with Gasteiger partial charge in [-0.05, 0) is 36.2 Å². The van der Waals surface area contributed by atoms with Gasteiger partial charge in [0.25, 0.3) is 0 Å². The number of alkyl halides is 1. The standard InChI is InChI=1S/C16H18ClNO3/c1-19-14-5-4-12(15(20-2)16(14)21-3)13(17)10-11-6-8-18-9-7-11/h4-9,13H,10H2,1-3H3. The van der Waals surface area contributed by atoms with Crippen molar-refractivity contribution >= 4 is 11.6 Å². The van der Waals surface area contributed by atoms with Crippen molar-refractivity contribution < 1.29 is 14.2 Å². The Morgan fingerprint density at radius 2 is 1.62 bits per heavy atom. The maximum Gasteiger partial charge on any atom is 0.203 e. The smallest absolute Gasteiger partial charge is 0.203 e. The first-order valence-corrected chi connectivity index (χ1v) is 6.96. The molecule has 21 heavy (non-hydrogen) atoms. The van der Waals surface area contributed by atoms with Crippen LogP contribution in [0.3, 0.4) is 0 Å². The predicted octanol–water partition coefficient (Wildman–Crippen LogP) is 3.63. The summed E-state index contributed by atoms with van der Waals surface area (Å²) in [4.78, 5) is 4.00. The summed E-state index contributed by atoms with van der Waals surface area (Å²) >= 11 is 6.55. The quantitative estimate of drug-likeness (QED) is 0.764. The van der Waals surface area contributed by atoms with E-state index in [9.17, 15) is 0 Å². The first kappa shape index (κ1) is 15.4. The Kier molecular flexibility index (Phi) is 5.28. The summed E-state index contributed by atoms with van der Waals surface area (Å²) in [5.41, 5.74) is 1.98. The van der Waals surface area contributed by atoms with E-state index >= 15 is 0 Å². The monoisotopic (exact) mass is 307 g/mol. The Balaban J connectivity index is 2.34. The molecule has 0 amide bonds. The maximum absolute atomic E-state index is 6.55. The van der Waals surface area contributed by atoms with Crippen molar-refractivity contribution in [3.8, 4) is 17.2 Å². The summed E-state index contributed by atoms with van der Waals surface area (Å²) in [6.45, 7) is 0. The van der Waals surface area contributed by atoms with Gasteiger partial charge in [-0.2, -0.15) is 0 Å². The second-order valence-electron chi connectivity index (χ2n) is 4.45. The van der Waals surface area contributed by atoms with Gasteiger partial charge in [-0.1, -0.05) is 0 Å². The third-order valence-electron chi connectivity index (χ3n) is 3.24. The van der Waals surface area contributed by atoms with Gasteiger partial charge < -0.3 is 14.2 Å². The summed E-state index contributed by atoms with van der Waals surface area (Å²) in [5.74, 6) is 1.77. The minimum atomic E-state index is -0.234. The third-order valence-corrected chi connectivity index (χ3v) is 3.63. The van der Waals surface area contributed by atoms with Gasteiger partial charge in [0, 0.05) is 18.0 Å². The fourth-order valence-corrected chi connectivity index (χ4v) is 2.56. The van der Waals surface area contributed by atoms with Crippen molar-refractivity contribution in [1.82, 2.24) is 4.98 Å². The molecule has 0 radical (unpaired) electrons. The van der Waals surface area contributed by atoms with E-state index in [1.54, 1.807) is 33.7 Å². The molecular weight excluding hydrogens is 290 g/mol. The highest BCUT2D eigenvalue weighted by Crippen LogP contribution is 2.44. The molecule has 1 atom stereocenters. The number of hydrogen-bond acceptors (Lipinski definition) is 4. The van der Waals surface area contributed by atoms with Gasteiger partial charge in [0.15, 0.2) is 11.5 Å². The number of pyridine rings is 1. The fraction of sp³-hybridized carbons (Fsp3) is 0.312. The Morgan fingerprint density at radius 1 is 0.952 bits per heavy atom. The molecule has 0 saturated heterocycles. The van der Waals surface area contributed by atoms with Crippen LogP contribution in [0.4, 0.5) is 0 Å². The molecule has 2 rings (SSSR count). The molecular formula is C16H18ClNO3. The largest absolute Gasteiger partial charge is 0.493 e. The average Bonchev–Trinajstić information content (AvgIpc) is 2.53. The molecule has 0 saturated carbocycles. The molecule has 1 aromatic heterocycles. The molecule has 1 unspecified atom stereocenters. The normalized spacial score (nSPS) is 11.8. The molecule has 0 aliphatic rings. The molecule has 1 aromatic carbocycles. The molecule has 0 spiro atoms. The number of hydrogen-bond donors (Lipinski definition) is 0. The highest BCUT2D eigenvalue weighted by molar-refractivity contribution is 6.21. The molecule has 4 nitrogen and oxygen atoms in total. The van der Waals surface area contributed by atoms with E-state index in [1.807, 2.05) is 24.3 Å². The van der Waals surface area contributed by atoms with Crippen LogP contribution in [-0.2, 0) is 6.42 Å². The van der Waals surface area contributed by atoms with E-state index < -0.39 is 0 Å². The lowest BCUT2D eigenvalue weighted by Crippen LogP contribution is -2.02. The molecule has 0 aliphatic carbocycles. The summed E-state index contributed by atoms with van der Waals surface area (Å²) in [6, 6.07) is 7.63. The Hall–Kier alpha value is -1.94. The zero-order valence-corrected chi connectivity index (χ0v) is 13.1. The minimum absolute atomic E-state index is 0.234. The third kappa shape index (κ3) is 3.39. The van der Waals surface area contributed by atoms with Crippen LogP contribution < -0.4 is 14.2 Å². The number of halogens is 1. The lowest BCUT2D eigenvalue weighted by molar-refractivity contribution is 0.322. The van der Waals surface area contributed by atoms with Crippen LogP contribution in [0.1, 0.15) is 16.5 Å². The number of methoxy groups -OCH3 is 3. The summed E-state index contributed by atoms with van der Waals surface area (Å²) < 4.78 is 16.1. The Labute approximate surface area is 129 Å². The van der Waals surface area contributed by atoms with Crippen molar-refractivity contribution in [3.05, 3.63) is 47.8 Å². The van der Waals surface area contributed by atoms with Crippen molar-refractivity contribution in [2.45, 2.75) is 11.8 Å². The van der Waals surface area contributed by atoms with Crippen LogP contribution >= 0.6 is 11.6 Å². The maximum atomic E-state index is 6.55. The van der Waals surface area contributed by atoms with E-state index in [2.05, 4.69) is 4.98 Å². The number of ether oxygens (including phenoxy) is 3. The average molecular weight is 308 g/mol. The summed E-state index contributed by atoms with van der Waals surface area (Å²) in [7, 11) is 4.76. The zero-order chi connectivity index (χ0) is 15.2. The van der Waals surface area contributed by atoms with Gasteiger partial charge >= 0.3 is 0 Å². The van der Waals surface area contributed by atoms with Crippen LogP contribution in [0, 0.1) is 0 Å². The molecule has 0 fully saturated rings. The van der Waals surface area contributed by atoms with Crippen LogP contribution in [0.2, 0.25) is 0 Å². The molecule has 5 heteroatoms. The van der Waals surface area contributed by atoms with Crippen molar-refractivity contribution in [2.75, 3.05) is 21.3 Å². The molecule has 0 aliphatic heterocycles. The number of benzene rings is 1. The first-order chi connectivity index (χ1) is 10.2. The van der Waals surface area contributed by atoms with Crippen molar-refractivity contribution in [3.63, 3.8) is 0 Å². The van der Waals surface area contributed by atoms with E-state index in [0.29, 0.717) is 23.7 Å². The molecule has 0 N–H and O–H groups in total. The van der Waals surface area contributed by atoms with Crippen LogP contribution in [0.25, 0.3) is 0 Å². The summed E-state index contributed by atoms with van der Waals surface area (Å²) in [6.07, 6.45) is 4.19. The molecule has 1 heterocycles. The number of rotatable bonds is 6. The van der Waals surface area contributed by atoms with E-state index in [1.165, 1.54) is 0 Å². The predicted molar refractivity (Wildman–Crippen MR) is 82.6 cm³/mol. The summed E-state index contributed by atoms with van der Waals surface area (Å²) in [5, 5.41) is -0.234. The topological polar surface area (TPSA) is 40.6 Å². The van der Waals surface area contributed by atoms with Crippen LogP contribution in [0.5, 0.6) is 17.2 Å². The first-order valence-electron chi connectivity index (χ1n) is 6.53. The van der Waals surface area contributed by atoms with Gasteiger partial charge in [-0.15, -0.1) is 11.6 Å². The Bertz CT molecular complexity index is 590. The van der Waals surface area contributed by atoms with Crippen molar-refractivity contribution in [2.24, 2.45) is 0 Å². The fourth-order valence-electron chi connectivity index (χ4n) is 2.21. The second kappa shape index (κ2) is 7.18. The van der Waals surface area contributed by atoms with Gasteiger partial charge in [0.1, 0.15) is 0 Å². The zero-order valence-electron chi connectivity index (χ0n) is 12.3. The lowest BCUT2D eigenvalue weighted by Gasteiger charge is -2.18. The lowest BCUT2D eigenvalue weighted by atomic mass is 10.0. The molecule has 112 valence electrons. The molecule has 2 aromatic rings.